The number of aromatic nitrogens is 2. The predicted molar refractivity (Wildman–Crippen MR) is 126 cm³/mol. The lowest BCUT2D eigenvalue weighted by Gasteiger charge is -2.27. The molecule has 2 aromatic carbocycles. The third-order valence-corrected chi connectivity index (χ3v) is 7.53. The normalized spacial score (nSPS) is 15.2. The van der Waals surface area contributed by atoms with Crippen molar-refractivity contribution in [2.75, 3.05) is 0 Å². The van der Waals surface area contributed by atoms with Crippen LogP contribution < -0.4 is 4.57 Å². The number of hydrogen-bond acceptors (Lipinski definition) is 0. The highest BCUT2D eigenvalue weighted by Gasteiger charge is 2.39. The van der Waals surface area contributed by atoms with Crippen LogP contribution in [0.15, 0.2) is 60.9 Å². The molecule has 0 saturated heterocycles. The Morgan fingerprint density at radius 3 is 2.50 bits per heavy atom. The molecule has 0 spiro atoms. The first-order valence-electron chi connectivity index (χ1n) is 11.8. The van der Waals surface area contributed by atoms with Crippen LogP contribution >= 0.6 is 0 Å². The highest BCUT2D eigenvalue weighted by Crippen LogP contribution is 2.36. The van der Waals surface area contributed by atoms with E-state index in [1.165, 1.54) is 64.5 Å². The molecular formula is C28H33N2+. The largest absolute Gasteiger partial charge is 0.295 e. The summed E-state index contributed by atoms with van der Waals surface area (Å²) in [5.41, 5.74) is 7.10. The minimum absolute atomic E-state index is 0.178. The molecule has 2 heteroatoms. The second-order valence-corrected chi connectivity index (χ2v) is 9.01. The third kappa shape index (κ3) is 2.88. The summed E-state index contributed by atoms with van der Waals surface area (Å²) in [5, 5.41) is 2.80. The summed E-state index contributed by atoms with van der Waals surface area (Å²) in [4.78, 5) is 0. The van der Waals surface area contributed by atoms with Gasteiger partial charge in [0, 0.05) is 5.56 Å². The van der Waals surface area contributed by atoms with E-state index in [0.717, 1.165) is 19.3 Å². The molecule has 0 N–H and O–H groups in total. The fraction of sp³-hybridized carbons (Fsp3) is 0.393. The summed E-state index contributed by atoms with van der Waals surface area (Å²) in [5.74, 6) is 0. The number of pyridine rings is 1. The number of rotatable bonds is 6. The number of unbranched alkanes of at least 4 members (excludes halogenated alkanes) is 1. The predicted octanol–water partition coefficient (Wildman–Crippen LogP) is 6.85. The van der Waals surface area contributed by atoms with E-state index in [2.05, 4.69) is 90.7 Å². The molecule has 30 heavy (non-hydrogen) atoms. The molecule has 0 amide bonds. The topological polar surface area (TPSA) is 8.29 Å². The Balaban J connectivity index is 1.77. The molecule has 2 aromatic heterocycles. The van der Waals surface area contributed by atoms with Crippen molar-refractivity contribution in [1.82, 2.24) is 4.40 Å². The fourth-order valence-electron chi connectivity index (χ4n) is 5.49. The third-order valence-electron chi connectivity index (χ3n) is 7.53. The zero-order valence-corrected chi connectivity index (χ0v) is 18.6. The van der Waals surface area contributed by atoms with Crippen LogP contribution in [0.4, 0.5) is 0 Å². The lowest BCUT2D eigenvalue weighted by atomic mass is 9.86. The smallest absolute Gasteiger partial charge is 0.224 e. The Bertz CT molecular complexity index is 1190. The first-order chi connectivity index (χ1) is 14.7. The number of nitrogens with zero attached hydrogens (tertiary/aromatic N) is 2. The molecule has 0 aliphatic carbocycles. The summed E-state index contributed by atoms with van der Waals surface area (Å²) < 4.78 is 5.07. The molecule has 2 nitrogen and oxygen atoms in total. The van der Waals surface area contributed by atoms with Gasteiger partial charge in [0.1, 0.15) is 11.7 Å². The van der Waals surface area contributed by atoms with Gasteiger partial charge in [-0.15, -0.1) is 0 Å². The average Bonchev–Trinajstić information content (AvgIpc) is 3.13. The molecule has 0 saturated carbocycles. The van der Waals surface area contributed by atoms with Crippen molar-refractivity contribution in [2.45, 2.75) is 71.3 Å². The molecular weight excluding hydrogens is 364 g/mol. The Morgan fingerprint density at radius 2 is 1.77 bits per heavy atom. The molecule has 0 atom stereocenters. The molecule has 4 aromatic rings. The lowest BCUT2D eigenvalue weighted by Crippen LogP contribution is -2.54. The zero-order valence-electron chi connectivity index (χ0n) is 18.6. The Labute approximate surface area is 180 Å². The molecule has 154 valence electrons. The second kappa shape index (κ2) is 7.58. The van der Waals surface area contributed by atoms with Crippen LogP contribution in [0.5, 0.6) is 0 Å². The molecule has 1 aliphatic rings. The van der Waals surface area contributed by atoms with Crippen molar-refractivity contribution in [1.29, 1.82) is 0 Å². The highest BCUT2D eigenvalue weighted by atomic mass is 15.2. The van der Waals surface area contributed by atoms with Crippen molar-refractivity contribution in [2.24, 2.45) is 0 Å². The van der Waals surface area contributed by atoms with Gasteiger partial charge >= 0.3 is 0 Å². The van der Waals surface area contributed by atoms with Crippen molar-refractivity contribution < 1.29 is 4.57 Å². The van der Waals surface area contributed by atoms with Gasteiger partial charge in [-0.1, -0.05) is 69.7 Å². The van der Waals surface area contributed by atoms with Gasteiger partial charge in [-0.2, -0.15) is 4.40 Å². The van der Waals surface area contributed by atoms with Gasteiger partial charge in [0.25, 0.3) is 5.65 Å². The first-order valence-corrected chi connectivity index (χ1v) is 11.8. The van der Waals surface area contributed by atoms with Crippen molar-refractivity contribution in [3.8, 4) is 11.3 Å². The quantitative estimate of drug-likeness (QED) is 0.314. The maximum absolute atomic E-state index is 2.63. The van der Waals surface area contributed by atoms with E-state index in [0.29, 0.717) is 0 Å². The number of imidazole rings is 1. The van der Waals surface area contributed by atoms with Crippen LogP contribution in [0.3, 0.4) is 0 Å². The van der Waals surface area contributed by atoms with Gasteiger partial charge in [0.2, 0.25) is 0 Å². The number of hydrogen-bond donors (Lipinski definition) is 0. The SMILES string of the molecule is CCCCc1ccc(-c2c[n+]3c4c5c(cccc5ccn24)CCC3(CC)CC)cc1. The number of aryl methyl sites for hydroxylation is 2. The van der Waals surface area contributed by atoms with E-state index in [-0.39, 0.29) is 5.54 Å². The van der Waals surface area contributed by atoms with Gasteiger partial charge in [-0.25, -0.2) is 4.57 Å². The molecule has 0 fully saturated rings. The summed E-state index contributed by atoms with van der Waals surface area (Å²) >= 11 is 0. The standard InChI is InChI=1S/C28H33N2/c1-4-7-9-21-12-14-22(15-13-21)25-20-30-27-26-23(16-18-28(30,5-2)6-3)10-8-11-24(26)17-19-29(25)27/h8,10-15,17,19-20H,4-7,9,16,18H2,1-3H3/q+1. The maximum Gasteiger partial charge on any atom is 0.295 e. The van der Waals surface area contributed by atoms with Crippen LogP contribution in [0.1, 0.15) is 64.0 Å². The van der Waals surface area contributed by atoms with Gasteiger partial charge < -0.3 is 0 Å². The van der Waals surface area contributed by atoms with Crippen LogP contribution in [-0.4, -0.2) is 4.40 Å². The molecule has 0 unspecified atom stereocenters. The first kappa shape index (κ1) is 19.4. The minimum Gasteiger partial charge on any atom is -0.224 e. The van der Waals surface area contributed by atoms with Crippen LogP contribution in [0.25, 0.3) is 27.7 Å². The molecule has 0 bridgehead atoms. The molecule has 5 rings (SSSR count). The van der Waals surface area contributed by atoms with Gasteiger partial charge in [-0.05, 0) is 61.1 Å². The molecule has 3 heterocycles. The fourth-order valence-corrected chi connectivity index (χ4v) is 5.49. The van der Waals surface area contributed by atoms with Crippen LogP contribution in [-0.2, 0) is 18.4 Å². The molecule has 0 radical (unpaired) electrons. The molecule has 1 aliphatic heterocycles. The average molecular weight is 398 g/mol. The number of benzene rings is 2. The van der Waals surface area contributed by atoms with E-state index in [1.54, 1.807) is 0 Å². The van der Waals surface area contributed by atoms with Crippen LogP contribution in [0.2, 0.25) is 0 Å². The Kier molecular flexibility index (Phi) is 4.89. The van der Waals surface area contributed by atoms with Gasteiger partial charge in [0.15, 0.2) is 5.69 Å². The van der Waals surface area contributed by atoms with Crippen molar-refractivity contribution in [3.05, 3.63) is 72.1 Å². The lowest BCUT2D eigenvalue weighted by molar-refractivity contribution is -0.742. The van der Waals surface area contributed by atoms with Gasteiger partial charge in [0.05, 0.1) is 11.6 Å². The van der Waals surface area contributed by atoms with E-state index in [1.807, 2.05) is 0 Å². The summed E-state index contributed by atoms with van der Waals surface area (Å²) in [6.07, 6.45) is 13.1. The monoisotopic (exact) mass is 397 g/mol. The maximum atomic E-state index is 2.63. The summed E-state index contributed by atoms with van der Waals surface area (Å²) in [7, 11) is 0. The van der Waals surface area contributed by atoms with Crippen molar-refractivity contribution in [3.63, 3.8) is 0 Å². The van der Waals surface area contributed by atoms with Crippen LogP contribution in [0, 0.1) is 0 Å². The Hall–Kier alpha value is -2.61. The van der Waals surface area contributed by atoms with Gasteiger partial charge in [-0.3, -0.25) is 0 Å². The van der Waals surface area contributed by atoms with E-state index >= 15 is 0 Å². The van der Waals surface area contributed by atoms with Crippen molar-refractivity contribution >= 4 is 16.4 Å². The minimum atomic E-state index is 0.178. The highest BCUT2D eigenvalue weighted by molar-refractivity contribution is 5.96. The Morgan fingerprint density at radius 1 is 0.967 bits per heavy atom. The zero-order chi connectivity index (χ0) is 20.7. The van der Waals surface area contributed by atoms with E-state index in [4.69, 9.17) is 0 Å². The summed E-state index contributed by atoms with van der Waals surface area (Å²) in [6.45, 7) is 6.98. The second-order valence-electron chi connectivity index (χ2n) is 9.01. The summed E-state index contributed by atoms with van der Waals surface area (Å²) in [6, 6.07) is 18.4. The van der Waals surface area contributed by atoms with E-state index < -0.39 is 0 Å². The van der Waals surface area contributed by atoms with E-state index in [9.17, 15) is 0 Å².